The van der Waals surface area contributed by atoms with E-state index in [2.05, 4.69) is 17.6 Å². The summed E-state index contributed by atoms with van der Waals surface area (Å²) >= 11 is 0. The van der Waals surface area contributed by atoms with Crippen LogP contribution in [-0.2, 0) is 10.8 Å². The van der Waals surface area contributed by atoms with Gasteiger partial charge in [0, 0.05) is 34.4 Å². The van der Waals surface area contributed by atoms with E-state index in [1.807, 2.05) is 38.1 Å². The molecule has 2 rings (SSSR count). The van der Waals surface area contributed by atoms with Crippen molar-refractivity contribution in [1.29, 1.82) is 0 Å². The average molecular weight is 410 g/mol. The second-order valence-electron chi connectivity index (χ2n) is 7.12. The molecule has 6 nitrogen and oxygen atoms in total. The lowest BCUT2D eigenvalue weighted by Crippen LogP contribution is -2.47. The molecule has 28 heavy (non-hydrogen) atoms. The van der Waals surface area contributed by atoms with Crippen molar-refractivity contribution in [2.75, 3.05) is 26.0 Å². The molecule has 4 atom stereocenters. The van der Waals surface area contributed by atoms with E-state index in [1.165, 1.54) is 0 Å². The quantitative estimate of drug-likeness (QED) is 0.484. The van der Waals surface area contributed by atoms with Crippen LogP contribution in [0.4, 0.5) is 0 Å². The lowest BCUT2D eigenvalue weighted by Gasteiger charge is -2.30. The molecule has 0 heterocycles. The number of guanidine groups is 1. The van der Waals surface area contributed by atoms with Crippen LogP contribution in [0.15, 0.2) is 29.3 Å². The van der Waals surface area contributed by atoms with Crippen LogP contribution in [0.25, 0.3) is 0 Å². The lowest BCUT2D eigenvalue weighted by molar-refractivity contribution is 0.230. The highest BCUT2D eigenvalue weighted by Gasteiger charge is 2.26. The maximum absolute atomic E-state index is 12.2. The first-order valence-electron chi connectivity index (χ1n) is 10.3. The van der Waals surface area contributed by atoms with Crippen molar-refractivity contribution in [3.05, 3.63) is 24.3 Å². The van der Waals surface area contributed by atoms with Crippen LogP contribution in [0, 0.1) is 0 Å². The number of ether oxygens (including phenoxy) is 2. The van der Waals surface area contributed by atoms with Crippen molar-refractivity contribution in [1.82, 2.24) is 10.6 Å². The van der Waals surface area contributed by atoms with Crippen molar-refractivity contribution in [3.8, 4) is 11.5 Å². The largest absolute Gasteiger partial charge is 0.497 e. The predicted molar refractivity (Wildman–Crippen MR) is 117 cm³/mol. The minimum absolute atomic E-state index is 0.0458. The van der Waals surface area contributed by atoms with Gasteiger partial charge in [0.15, 0.2) is 5.96 Å². The Balaban J connectivity index is 1.88. The van der Waals surface area contributed by atoms with Gasteiger partial charge in [0.05, 0.1) is 13.7 Å². The molecule has 0 aliphatic heterocycles. The van der Waals surface area contributed by atoms with E-state index >= 15 is 0 Å². The number of nitrogens with one attached hydrogen (secondary N) is 2. The second kappa shape index (κ2) is 11.9. The zero-order chi connectivity index (χ0) is 20.4. The monoisotopic (exact) mass is 409 g/mol. The average Bonchev–Trinajstić information content (AvgIpc) is 2.72. The van der Waals surface area contributed by atoms with E-state index in [9.17, 15) is 4.21 Å². The highest BCUT2D eigenvalue weighted by atomic mass is 32.2. The number of benzene rings is 1. The normalized spacial score (nSPS) is 22.2. The summed E-state index contributed by atoms with van der Waals surface area (Å²) < 4.78 is 23.3. The van der Waals surface area contributed by atoms with Crippen LogP contribution >= 0.6 is 0 Å². The van der Waals surface area contributed by atoms with Gasteiger partial charge in [-0.05, 0) is 57.4 Å². The molecule has 0 aromatic heterocycles. The van der Waals surface area contributed by atoms with Crippen molar-refractivity contribution in [2.45, 2.75) is 63.9 Å². The fourth-order valence-corrected chi connectivity index (χ4v) is 4.76. The van der Waals surface area contributed by atoms with Gasteiger partial charge in [-0.25, -0.2) is 4.99 Å². The van der Waals surface area contributed by atoms with E-state index in [0.29, 0.717) is 17.8 Å². The summed E-state index contributed by atoms with van der Waals surface area (Å²) in [7, 11) is 0.932. The number of aliphatic imine (C=N–C) groups is 1. The minimum atomic E-state index is -0.718. The van der Waals surface area contributed by atoms with Crippen LogP contribution in [-0.4, -0.2) is 53.5 Å². The van der Waals surface area contributed by atoms with E-state index in [0.717, 1.165) is 55.4 Å². The molecule has 0 radical (unpaired) electrons. The van der Waals surface area contributed by atoms with Crippen LogP contribution in [0.2, 0.25) is 0 Å². The van der Waals surface area contributed by atoms with Gasteiger partial charge in [-0.1, -0.05) is 13.3 Å². The summed E-state index contributed by atoms with van der Waals surface area (Å²) in [5.74, 6) is 3.16. The van der Waals surface area contributed by atoms with E-state index in [-0.39, 0.29) is 6.10 Å². The maximum Gasteiger partial charge on any atom is 0.191 e. The molecule has 4 unspecified atom stereocenters. The first-order chi connectivity index (χ1) is 13.5. The first kappa shape index (κ1) is 22.5. The van der Waals surface area contributed by atoms with Gasteiger partial charge in [-0.2, -0.15) is 0 Å². The van der Waals surface area contributed by atoms with E-state index in [1.54, 1.807) is 7.11 Å². The van der Waals surface area contributed by atoms with Crippen LogP contribution < -0.4 is 20.1 Å². The Kier molecular flexibility index (Phi) is 9.61. The van der Waals surface area contributed by atoms with Crippen LogP contribution in [0.5, 0.6) is 11.5 Å². The molecule has 0 spiro atoms. The number of hydrogen-bond acceptors (Lipinski definition) is 4. The fourth-order valence-electron chi connectivity index (χ4n) is 3.41. The third kappa shape index (κ3) is 7.34. The van der Waals surface area contributed by atoms with Gasteiger partial charge in [0.2, 0.25) is 0 Å². The second-order valence-corrected chi connectivity index (χ2v) is 9.13. The molecule has 1 saturated carbocycles. The van der Waals surface area contributed by atoms with E-state index in [4.69, 9.17) is 14.5 Å². The molecule has 158 valence electrons. The molecule has 1 aliphatic carbocycles. The Morgan fingerprint density at radius 2 is 1.96 bits per heavy atom. The Morgan fingerprint density at radius 3 is 2.61 bits per heavy atom. The molecule has 2 N–H and O–H groups in total. The smallest absolute Gasteiger partial charge is 0.191 e. The molecule has 0 saturated heterocycles. The number of methoxy groups -OCH3 is 1. The third-order valence-corrected chi connectivity index (χ3v) is 6.61. The van der Waals surface area contributed by atoms with Gasteiger partial charge in [0.1, 0.15) is 17.6 Å². The zero-order valence-electron chi connectivity index (χ0n) is 17.6. The standard InChI is InChI=1S/C21H35N3O3S/c1-5-22-21(24-17-8-7-9-20(14-17)28(25)6-2)23-15-16(3)27-19-12-10-18(26-4)11-13-19/h10-13,16-17,20H,5-9,14-15H2,1-4H3,(H2,22,23,24). The van der Waals surface area contributed by atoms with Gasteiger partial charge in [-0.3, -0.25) is 4.21 Å². The zero-order valence-corrected chi connectivity index (χ0v) is 18.4. The number of nitrogens with zero attached hydrogens (tertiary/aromatic N) is 1. The molecule has 1 aliphatic rings. The Labute approximate surface area is 171 Å². The molecule has 1 aromatic rings. The van der Waals surface area contributed by atoms with Crippen LogP contribution in [0.3, 0.4) is 0 Å². The highest BCUT2D eigenvalue weighted by Crippen LogP contribution is 2.23. The molecule has 7 heteroatoms. The third-order valence-electron chi connectivity index (χ3n) is 4.87. The summed E-state index contributed by atoms with van der Waals surface area (Å²) in [4.78, 5) is 4.70. The summed E-state index contributed by atoms with van der Waals surface area (Å²) in [6.45, 7) is 7.43. The van der Waals surface area contributed by atoms with Crippen molar-refractivity contribution < 1.29 is 13.7 Å². The first-order valence-corrected chi connectivity index (χ1v) is 11.7. The van der Waals surface area contributed by atoms with Crippen molar-refractivity contribution >= 4 is 16.8 Å². The minimum Gasteiger partial charge on any atom is -0.497 e. The molecule has 0 amide bonds. The predicted octanol–water partition coefficient (Wildman–Crippen LogP) is 3.10. The lowest BCUT2D eigenvalue weighted by atomic mass is 9.95. The topological polar surface area (TPSA) is 72.0 Å². The SMILES string of the molecule is CCNC(=NCC(C)Oc1ccc(OC)cc1)NC1CCCC(S(=O)CC)C1. The number of hydrogen-bond donors (Lipinski definition) is 2. The van der Waals surface area contributed by atoms with Gasteiger partial charge in [-0.15, -0.1) is 0 Å². The van der Waals surface area contributed by atoms with Gasteiger partial charge in [0.25, 0.3) is 0 Å². The van der Waals surface area contributed by atoms with Gasteiger partial charge < -0.3 is 20.1 Å². The van der Waals surface area contributed by atoms with E-state index < -0.39 is 10.8 Å². The maximum atomic E-state index is 12.2. The Hall–Kier alpha value is -1.76. The molecule has 1 fully saturated rings. The molecule has 0 bridgehead atoms. The van der Waals surface area contributed by atoms with Crippen LogP contribution in [0.1, 0.15) is 46.5 Å². The number of rotatable bonds is 9. The van der Waals surface area contributed by atoms with Gasteiger partial charge >= 0.3 is 0 Å². The Bertz CT molecular complexity index is 636. The Morgan fingerprint density at radius 1 is 1.25 bits per heavy atom. The summed E-state index contributed by atoms with van der Waals surface area (Å²) in [6, 6.07) is 7.90. The van der Waals surface area contributed by atoms with Crippen molar-refractivity contribution in [3.63, 3.8) is 0 Å². The summed E-state index contributed by atoms with van der Waals surface area (Å²) in [5, 5.41) is 7.15. The summed E-state index contributed by atoms with van der Waals surface area (Å²) in [5.41, 5.74) is 0. The molecule has 1 aromatic carbocycles. The molecular weight excluding hydrogens is 374 g/mol. The molecular formula is C21H35N3O3S. The summed E-state index contributed by atoms with van der Waals surface area (Å²) in [6.07, 6.45) is 4.18. The van der Waals surface area contributed by atoms with Crippen molar-refractivity contribution in [2.24, 2.45) is 4.99 Å². The fraction of sp³-hybridized carbons (Fsp3) is 0.667. The highest BCUT2D eigenvalue weighted by molar-refractivity contribution is 7.85.